The van der Waals surface area contributed by atoms with Gasteiger partial charge in [0.05, 0.1) is 18.6 Å². The van der Waals surface area contributed by atoms with Gasteiger partial charge < -0.3 is 14.8 Å². The number of aryl methyl sites for hydroxylation is 1. The average Bonchev–Trinajstić information content (AvgIpc) is 2.93. The number of nitrogens with zero attached hydrogens (tertiary/aromatic N) is 3. The fourth-order valence-electron chi connectivity index (χ4n) is 2.71. The number of nitrogens with one attached hydrogen (secondary N) is 1. The van der Waals surface area contributed by atoms with Gasteiger partial charge in [-0.2, -0.15) is 0 Å². The molecule has 0 aliphatic carbocycles. The van der Waals surface area contributed by atoms with Gasteiger partial charge in [-0.15, -0.1) is 0 Å². The maximum absolute atomic E-state index is 12.7. The smallest absolute Gasteiger partial charge is 0.254 e. The molecule has 2 aromatic rings. The van der Waals surface area contributed by atoms with E-state index in [1.807, 2.05) is 17.9 Å². The van der Waals surface area contributed by atoms with E-state index >= 15 is 0 Å². The number of amides is 2. The van der Waals surface area contributed by atoms with Crippen LogP contribution in [0, 0.1) is 6.92 Å². The highest BCUT2D eigenvalue weighted by Gasteiger charge is 2.22. The molecule has 0 radical (unpaired) electrons. The molecule has 1 aromatic heterocycles. The summed E-state index contributed by atoms with van der Waals surface area (Å²) < 4.78 is 2.07. The first-order chi connectivity index (χ1) is 10.5. The Balaban J connectivity index is 1.79. The normalized spacial score (nSPS) is 13.6. The van der Waals surface area contributed by atoms with Crippen LogP contribution in [0.1, 0.15) is 28.5 Å². The molecule has 2 heterocycles. The number of benzene rings is 1. The van der Waals surface area contributed by atoms with Gasteiger partial charge in [-0.1, -0.05) is 0 Å². The molecular weight excluding hydrogens is 280 g/mol. The van der Waals surface area contributed by atoms with Crippen molar-refractivity contribution in [2.45, 2.75) is 26.9 Å². The van der Waals surface area contributed by atoms with Crippen LogP contribution in [0.5, 0.6) is 0 Å². The fraction of sp³-hybridized carbons (Fsp3) is 0.312. The molecule has 1 aliphatic heterocycles. The Kier molecular flexibility index (Phi) is 3.66. The molecule has 6 heteroatoms. The van der Waals surface area contributed by atoms with Crippen molar-refractivity contribution in [1.29, 1.82) is 0 Å². The first-order valence-electron chi connectivity index (χ1n) is 7.21. The number of imidazole rings is 1. The van der Waals surface area contributed by atoms with Gasteiger partial charge in [-0.25, -0.2) is 4.98 Å². The van der Waals surface area contributed by atoms with Crippen LogP contribution < -0.4 is 5.32 Å². The molecule has 114 valence electrons. The van der Waals surface area contributed by atoms with Gasteiger partial charge in [-0.05, 0) is 30.7 Å². The molecule has 1 N–H and O–H groups in total. The van der Waals surface area contributed by atoms with Gasteiger partial charge in [0.1, 0.15) is 0 Å². The Bertz CT molecular complexity index is 735. The quantitative estimate of drug-likeness (QED) is 0.919. The lowest BCUT2D eigenvalue weighted by molar-refractivity contribution is -0.114. The second kappa shape index (κ2) is 5.63. The van der Waals surface area contributed by atoms with Gasteiger partial charge in [0, 0.05) is 37.5 Å². The summed E-state index contributed by atoms with van der Waals surface area (Å²) in [5.74, 6) is -0.109. The molecule has 0 spiro atoms. The SMILES string of the molecule is CC(=O)Nc1ccc(C(=O)N2CCn3cncc3C2)c(C)c1. The first kappa shape index (κ1) is 14.3. The maximum atomic E-state index is 12.7. The molecule has 6 nitrogen and oxygen atoms in total. The van der Waals surface area contributed by atoms with Crippen LogP contribution in [-0.2, 0) is 17.9 Å². The first-order valence-corrected chi connectivity index (χ1v) is 7.21. The third-order valence-electron chi connectivity index (χ3n) is 3.83. The predicted octanol–water partition coefficient (Wildman–Crippen LogP) is 1.81. The van der Waals surface area contributed by atoms with Crippen LogP contribution in [0.15, 0.2) is 30.7 Å². The largest absolute Gasteiger partial charge is 0.331 e. The Hall–Kier alpha value is -2.63. The summed E-state index contributed by atoms with van der Waals surface area (Å²) in [5.41, 5.74) is 3.28. The molecular formula is C16H18N4O2. The van der Waals surface area contributed by atoms with Gasteiger partial charge >= 0.3 is 0 Å². The lowest BCUT2D eigenvalue weighted by Crippen LogP contribution is -2.38. The number of fused-ring (bicyclic) bond motifs is 1. The zero-order valence-electron chi connectivity index (χ0n) is 12.7. The van der Waals surface area contributed by atoms with Crippen LogP contribution in [0.2, 0.25) is 0 Å². The van der Waals surface area contributed by atoms with E-state index in [0.29, 0.717) is 24.3 Å². The lowest BCUT2D eigenvalue weighted by atomic mass is 10.1. The molecule has 0 saturated heterocycles. The zero-order chi connectivity index (χ0) is 15.7. The van der Waals surface area contributed by atoms with Crippen LogP contribution in [0.25, 0.3) is 0 Å². The van der Waals surface area contributed by atoms with Crippen LogP contribution in [0.4, 0.5) is 5.69 Å². The fourth-order valence-corrected chi connectivity index (χ4v) is 2.71. The third kappa shape index (κ3) is 2.72. The summed E-state index contributed by atoms with van der Waals surface area (Å²) in [6.45, 7) is 5.36. The van der Waals surface area contributed by atoms with E-state index in [9.17, 15) is 9.59 Å². The molecule has 3 rings (SSSR count). The predicted molar refractivity (Wildman–Crippen MR) is 82.5 cm³/mol. The molecule has 0 saturated carbocycles. The van der Waals surface area contributed by atoms with E-state index in [0.717, 1.165) is 17.8 Å². The molecule has 0 fully saturated rings. The van der Waals surface area contributed by atoms with E-state index in [4.69, 9.17) is 0 Å². The van der Waals surface area contributed by atoms with Crippen molar-refractivity contribution >= 4 is 17.5 Å². The Morgan fingerprint density at radius 3 is 2.82 bits per heavy atom. The molecule has 1 aromatic carbocycles. The number of aromatic nitrogens is 2. The highest BCUT2D eigenvalue weighted by Crippen LogP contribution is 2.20. The number of hydrogen-bond acceptors (Lipinski definition) is 3. The van der Waals surface area contributed by atoms with E-state index in [2.05, 4.69) is 14.9 Å². The summed E-state index contributed by atoms with van der Waals surface area (Å²) in [7, 11) is 0. The minimum Gasteiger partial charge on any atom is -0.331 e. The minimum atomic E-state index is -0.122. The summed E-state index contributed by atoms with van der Waals surface area (Å²) in [6, 6.07) is 5.35. The van der Waals surface area contributed by atoms with Crippen molar-refractivity contribution in [3.05, 3.63) is 47.5 Å². The maximum Gasteiger partial charge on any atom is 0.254 e. The van der Waals surface area contributed by atoms with Gasteiger partial charge in [0.2, 0.25) is 5.91 Å². The van der Waals surface area contributed by atoms with Crippen molar-refractivity contribution in [2.75, 3.05) is 11.9 Å². The number of carbonyl (C=O) groups is 2. The van der Waals surface area contributed by atoms with Crippen LogP contribution in [-0.4, -0.2) is 32.8 Å². The zero-order valence-corrected chi connectivity index (χ0v) is 12.7. The van der Waals surface area contributed by atoms with Gasteiger partial charge in [0.25, 0.3) is 5.91 Å². The second-order valence-electron chi connectivity index (χ2n) is 5.52. The third-order valence-corrected chi connectivity index (χ3v) is 3.83. The average molecular weight is 298 g/mol. The summed E-state index contributed by atoms with van der Waals surface area (Å²) in [4.78, 5) is 29.7. The topological polar surface area (TPSA) is 67.2 Å². The highest BCUT2D eigenvalue weighted by molar-refractivity contribution is 5.97. The highest BCUT2D eigenvalue weighted by atomic mass is 16.2. The Morgan fingerprint density at radius 1 is 1.27 bits per heavy atom. The summed E-state index contributed by atoms with van der Waals surface area (Å²) in [6.07, 6.45) is 3.59. The van der Waals surface area contributed by atoms with Crippen molar-refractivity contribution in [2.24, 2.45) is 0 Å². The second-order valence-corrected chi connectivity index (χ2v) is 5.52. The standard InChI is InChI=1S/C16H18N4O2/c1-11-7-13(18-12(2)21)3-4-15(11)16(22)19-5-6-20-10-17-8-14(20)9-19/h3-4,7-8,10H,5-6,9H2,1-2H3,(H,18,21). The van der Waals surface area contributed by atoms with Crippen LogP contribution in [0.3, 0.4) is 0 Å². The van der Waals surface area contributed by atoms with Gasteiger partial charge in [-0.3, -0.25) is 9.59 Å². The molecule has 0 atom stereocenters. The van der Waals surface area contributed by atoms with E-state index in [-0.39, 0.29) is 11.8 Å². The Labute approximate surface area is 128 Å². The van der Waals surface area contributed by atoms with E-state index in [1.54, 1.807) is 24.7 Å². The molecule has 0 bridgehead atoms. The number of rotatable bonds is 2. The molecule has 22 heavy (non-hydrogen) atoms. The molecule has 1 aliphatic rings. The van der Waals surface area contributed by atoms with Crippen molar-refractivity contribution < 1.29 is 9.59 Å². The number of carbonyl (C=O) groups excluding carboxylic acids is 2. The van der Waals surface area contributed by atoms with E-state index in [1.165, 1.54) is 6.92 Å². The van der Waals surface area contributed by atoms with Crippen LogP contribution >= 0.6 is 0 Å². The van der Waals surface area contributed by atoms with Crippen molar-refractivity contribution in [1.82, 2.24) is 14.5 Å². The van der Waals surface area contributed by atoms with Crippen molar-refractivity contribution in [3.8, 4) is 0 Å². The summed E-state index contributed by atoms with van der Waals surface area (Å²) in [5, 5.41) is 2.73. The van der Waals surface area contributed by atoms with Gasteiger partial charge in [0.15, 0.2) is 0 Å². The number of hydrogen-bond donors (Lipinski definition) is 1. The van der Waals surface area contributed by atoms with E-state index < -0.39 is 0 Å². The number of anilines is 1. The summed E-state index contributed by atoms with van der Waals surface area (Å²) >= 11 is 0. The Morgan fingerprint density at radius 2 is 2.09 bits per heavy atom. The van der Waals surface area contributed by atoms with Crippen molar-refractivity contribution in [3.63, 3.8) is 0 Å². The molecule has 0 unspecified atom stereocenters. The molecule has 2 amide bonds. The lowest BCUT2D eigenvalue weighted by Gasteiger charge is -2.28. The monoisotopic (exact) mass is 298 g/mol. The minimum absolute atomic E-state index is 0.0133.